The fourth-order valence-electron chi connectivity index (χ4n) is 3.38. The van der Waals surface area contributed by atoms with Crippen LogP contribution < -0.4 is 9.47 Å². The number of aliphatic hydroxyl groups is 1. The molecule has 1 aromatic heterocycles. The summed E-state index contributed by atoms with van der Waals surface area (Å²) in [5.74, 6) is 1.13. The molecular formula is C18H21N3O4. The number of hydrogen-bond acceptors (Lipinski definition) is 5. The molecule has 2 aliphatic rings. The number of fused-ring (bicyclic) bond motifs is 2. The predicted octanol–water partition coefficient (Wildman–Crippen LogP) is 1.14. The fourth-order valence-corrected chi connectivity index (χ4v) is 3.38. The van der Waals surface area contributed by atoms with Gasteiger partial charge < -0.3 is 24.0 Å². The zero-order valence-electron chi connectivity index (χ0n) is 14.1. The van der Waals surface area contributed by atoms with Crippen molar-refractivity contribution in [3.05, 3.63) is 41.5 Å². The molecule has 3 heterocycles. The van der Waals surface area contributed by atoms with Crippen molar-refractivity contribution < 1.29 is 19.4 Å². The summed E-state index contributed by atoms with van der Waals surface area (Å²) in [6.45, 7) is 1.50. The average Bonchev–Trinajstić information content (AvgIpc) is 2.85. The highest BCUT2D eigenvalue weighted by Gasteiger charge is 2.32. The molecule has 0 bridgehead atoms. The SMILES string of the molecule is Cn1cnc2c1C[C@@H](CO)N(C(=O)c1ccc3c(c1)OCCCO3)C2. The number of aromatic nitrogens is 2. The smallest absolute Gasteiger partial charge is 0.254 e. The van der Waals surface area contributed by atoms with Gasteiger partial charge in [0.25, 0.3) is 5.91 Å². The van der Waals surface area contributed by atoms with Gasteiger partial charge in [0.05, 0.1) is 44.4 Å². The number of aliphatic hydroxyl groups excluding tert-OH is 1. The molecule has 25 heavy (non-hydrogen) atoms. The lowest BCUT2D eigenvalue weighted by Crippen LogP contribution is -2.46. The maximum Gasteiger partial charge on any atom is 0.254 e. The molecule has 0 radical (unpaired) electrons. The van der Waals surface area contributed by atoms with E-state index in [0.717, 1.165) is 17.8 Å². The van der Waals surface area contributed by atoms with Gasteiger partial charge in [-0.15, -0.1) is 0 Å². The summed E-state index contributed by atoms with van der Waals surface area (Å²) in [6.07, 6.45) is 3.17. The quantitative estimate of drug-likeness (QED) is 0.885. The number of benzene rings is 1. The Morgan fingerprint density at radius 2 is 2.12 bits per heavy atom. The molecule has 1 atom stereocenters. The maximum absolute atomic E-state index is 13.0. The molecule has 2 aliphatic heterocycles. The van der Waals surface area contributed by atoms with Gasteiger partial charge in [0.15, 0.2) is 11.5 Å². The minimum Gasteiger partial charge on any atom is -0.490 e. The van der Waals surface area contributed by atoms with E-state index in [9.17, 15) is 9.90 Å². The second-order valence-electron chi connectivity index (χ2n) is 6.43. The highest BCUT2D eigenvalue weighted by molar-refractivity contribution is 5.95. The van der Waals surface area contributed by atoms with Gasteiger partial charge in [-0.1, -0.05) is 0 Å². The van der Waals surface area contributed by atoms with Crippen LogP contribution in [0.3, 0.4) is 0 Å². The summed E-state index contributed by atoms with van der Waals surface area (Å²) in [7, 11) is 1.93. The van der Waals surface area contributed by atoms with Crippen molar-refractivity contribution in [2.75, 3.05) is 19.8 Å². The lowest BCUT2D eigenvalue weighted by molar-refractivity contribution is 0.0535. The third-order valence-corrected chi connectivity index (χ3v) is 4.80. The summed E-state index contributed by atoms with van der Waals surface area (Å²) in [5, 5.41) is 9.77. The number of carbonyl (C=O) groups excluding carboxylic acids is 1. The molecule has 0 unspecified atom stereocenters. The zero-order chi connectivity index (χ0) is 17.4. The summed E-state index contributed by atoms with van der Waals surface area (Å²) in [6, 6.07) is 4.99. The molecule has 0 aliphatic carbocycles. The number of imidazole rings is 1. The third-order valence-electron chi connectivity index (χ3n) is 4.80. The Morgan fingerprint density at radius 1 is 1.32 bits per heavy atom. The number of carbonyl (C=O) groups is 1. The first-order valence-corrected chi connectivity index (χ1v) is 8.48. The van der Waals surface area contributed by atoms with Crippen molar-refractivity contribution in [3.63, 3.8) is 0 Å². The minimum absolute atomic E-state index is 0.0824. The van der Waals surface area contributed by atoms with E-state index in [4.69, 9.17) is 9.47 Å². The number of aryl methyl sites for hydroxylation is 1. The zero-order valence-corrected chi connectivity index (χ0v) is 14.1. The van der Waals surface area contributed by atoms with Crippen molar-refractivity contribution in [1.82, 2.24) is 14.5 Å². The van der Waals surface area contributed by atoms with Crippen molar-refractivity contribution in [1.29, 1.82) is 0 Å². The van der Waals surface area contributed by atoms with E-state index in [2.05, 4.69) is 4.98 Å². The first-order valence-electron chi connectivity index (χ1n) is 8.48. The largest absolute Gasteiger partial charge is 0.490 e. The van der Waals surface area contributed by atoms with Crippen molar-refractivity contribution in [2.45, 2.75) is 25.4 Å². The third kappa shape index (κ3) is 2.84. The molecule has 0 saturated carbocycles. The van der Waals surface area contributed by atoms with Crippen LogP contribution in [0.1, 0.15) is 28.2 Å². The second kappa shape index (κ2) is 6.40. The average molecular weight is 343 g/mol. The molecule has 7 nitrogen and oxygen atoms in total. The van der Waals surface area contributed by atoms with Gasteiger partial charge in [-0.05, 0) is 18.2 Å². The van der Waals surface area contributed by atoms with Crippen molar-refractivity contribution in [2.24, 2.45) is 7.05 Å². The van der Waals surface area contributed by atoms with Crippen LogP contribution in [0, 0.1) is 0 Å². The maximum atomic E-state index is 13.0. The number of hydrogen-bond donors (Lipinski definition) is 1. The lowest BCUT2D eigenvalue weighted by Gasteiger charge is -2.34. The number of rotatable bonds is 2. The predicted molar refractivity (Wildman–Crippen MR) is 89.7 cm³/mol. The first kappa shape index (κ1) is 16.0. The topological polar surface area (TPSA) is 76.8 Å². The molecule has 1 amide bonds. The Morgan fingerprint density at radius 3 is 2.92 bits per heavy atom. The summed E-state index contributed by atoms with van der Waals surface area (Å²) in [5.41, 5.74) is 2.48. The van der Waals surface area contributed by atoms with Gasteiger partial charge >= 0.3 is 0 Å². The van der Waals surface area contributed by atoms with E-state index in [1.165, 1.54) is 0 Å². The van der Waals surface area contributed by atoms with Crippen LogP contribution in [0.4, 0.5) is 0 Å². The first-order chi connectivity index (χ1) is 12.2. The minimum atomic E-state index is -0.258. The van der Waals surface area contributed by atoms with Crippen molar-refractivity contribution >= 4 is 5.91 Å². The number of nitrogens with zero attached hydrogens (tertiary/aromatic N) is 3. The van der Waals surface area contributed by atoms with E-state index in [1.807, 2.05) is 11.6 Å². The highest BCUT2D eigenvalue weighted by atomic mass is 16.5. The summed E-state index contributed by atoms with van der Waals surface area (Å²) < 4.78 is 13.2. The highest BCUT2D eigenvalue weighted by Crippen LogP contribution is 2.32. The Balaban J connectivity index is 1.63. The van der Waals surface area contributed by atoms with E-state index in [-0.39, 0.29) is 18.6 Å². The molecule has 1 N–H and O–H groups in total. The van der Waals surface area contributed by atoms with E-state index < -0.39 is 0 Å². The van der Waals surface area contributed by atoms with Crippen LogP contribution in [-0.2, 0) is 20.0 Å². The van der Waals surface area contributed by atoms with Gasteiger partial charge in [-0.2, -0.15) is 0 Å². The molecule has 4 rings (SSSR count). The monoisotopic (exact) mass is 343 g/mol. The normalized spacial score (nSPS) is 19.3. The summed E-state index contributed by atoms with van der Waals surface area (Å²) >= 11 is 0. The number of amides is 1. The molecule has 0 fully saturated rings. The second-order valence-corrected chi connectivity index (χ2v) is 6.43. The number of ether oxygens (including phenoxy) is 2. The Kier molecular flexibility index (Phi) is 4.09. The van der Waals surface area contributed by atoms with Crippen LogP contribution in [0.5, 0.6) is 11.5 Å². The fraction of sp³-hybridized carbons (Fsp3) is 0.444. The molecular weight excluding hydrogens is 322 g/mol. The van der Waals surface area contributed by atoms with Crippen LogP contribution in [0.15, 0.2) is 24.5 Å². The Labute approximate surface area is 145 Å². The van der Waals surface area contributed by atoms with Crippen molar-refractivity contribution in [3.8, 4) is 11.5 Å². The van der Waals surface area contributed by atoms with E-state index >= 15 is 0 Å². The van der Waals surface area contributed by atoms with Crippen LogP contribution >= 0.6 is 0 Å². The van der Waals surface area contributed by atoms with Crippen LogP contribution in [-0.4, -0.2) is 51.3 Å². The van der Waals surface area contributed by atoms with E-state index in [0.29, 0.717) is 43.2 Å². The van der Waals surface area contributed by atoms with Gasteiger partial charge in [-0.25, -0.2) is 4.98 Å². The molecule has 2 aromatic rings. The molecule has 132 valence electrons. The molecule has 7 heteroatoms. The Hall–Kier alpha value is -2.54. The van der Waals surface area contributed by atoms with E-state index in [1.54, 1.807) is 29.4 Å². The van der Waals surface area contributed by atoms with Crippen LogP contribution in [0.2, 0.25) is 0 Å². The molecule has 1 aromatic carbocycles. The van der Waals surface area contributed by atoms with Gasteiger partial charge in [-0.3, -0.25) is 4.79 Å². The molecule has 0 spiro atoms. The lowest BCUT2D eigenvalue weighted by atomic mass is 10.0. The molecule has 0 saturated heterocycles. The van der Waals surface area contributed by atoms with Gasteiger partial charge in [0.1, 0.15) is 0 Å². The van der Waals surface area contributed by atoms with Gasteiger partial charge in [0, 0.05) is 31.1 Å². The van der Waals surface area contributed by atoms with Gasteiger partial charge in [0.2, 0.25) is 0 Å². The van der Waals surface area contributed by atoms with Crippen LogP contribution in [0.25, 0.3) is 0 Å². The summed E-state index contributed by atoms with van der Waals surface area (Å²) in [4.78, 5) is 19.1. The standard InChI is InChI=1S/C18H21N3O4/c1-20-11-19-14-9-21(13(10-22)8-15(14)20)18(23)12-3-4-16-17(7-12)25-6-2-5-24-16/h3-4,7,11,13,22H,2,5-6,8-10H2,1H3/t13-/m0/s1. The Bertz CT molecular complexity index is 802.